The summed E-state index contributed by atoms with van der Waals surface area (Å²) in [5.74, 6) is 5.61. The van der Waals surface area contributed by atoms with Gasteiger partial charge in [-0.15, -0.1) is 0 Å². The van der Waals surface area contributed by atoms with Gasteiger partial charge < -0.3 is 10.6 Å². The minimum absolute atomic E-state index is 0.351. The van der Waals surface area contributed by atoms with Crippen molar-refractivity contribution in [3.8, 4) is 23.0 Å². The Hall–Kier alpha value is -5.02. The van der Waals surface area contributed by atoms with E-state index in [4.69, 9.17) is 0 Å². The Bertz CT molecular complexity index is 2020. The predicted octanol–water partition coefficient (Wildman–Crippen LogP) is 6.58. The highest BCUT2D eigenvalue weighted by molar-refractivity contribution is 14.1. The number of nitrogens with zero attached hydrogens (tertiary/aromatic N) is 5. The van der Waals surface area contributed by atoms with Crippen LogP contribution in [0.4, 0.5) is 21.5 Å². The molecule has 0 bridgehead atoms. The van der Waals surface area contributed by atoms with Crippen LogP contribution in [0.1, 0.15) is 27.2 Å². The average molecular weight is 667 g/mol. The monoisotopic (exact) mass is 667 g/mol. The second-order valence-electron chi connectivity index (χ2n) is 9.61. The minimum Gasteiger partial charge on any atom is -0.350 e. The Labute approximate surface area is 254 Å². The van der Waals surface area contributed by atoms with Gasteiger partial charge in [-0.25, -0.2) is 9.37 Å². The van der Waals surface area contributed by atoms with Crippen molar-refractivity contribution in [2.24, 2.45) is 7.05 Å². The lowest BCUT2D eigenvalue weighted by molar-refractivity contribution is 0.102. The van der Waals surface area contributed by atoms with Gasteiger partial charge in [0.2, 0.25) is 0 Å². The number of carbonyl (C=O) groups excluding carboxylic acids is 1. The molecule has 0 saturated heterocycles. The molecule has 0 aliphatic heterocycles. The number of imidazole rings is 1. The van der Waals surface area contributed by atoms with Crippen molar-refractivity contribution in [3.05, 3.63) is 124 Å². The zero-order chi connectivity index (χ0) is 29.2. The van der Waals surface area contributed by atoms with Crippen molar-refractivity contribution in [3.63, 3.8) is 0 Å². The van der Waals surface area contributed by atoms with Gasteiger partial charge in [0.25, 0.3) is 5.91 Å². The van der Waals surface area contributed by atoms with E-state index in [0.29, 0.717) is 28.1 Å². The first-order chi connectivity index (χ1) is 20.3. The lowest BCUT2D eigenvalue weighted by Crippen LogP contribution is -2.14. The van der Waals surface area contributed by atoms with Gasteiger partial charge in [0.05, 0.1) is 29.3 Å². The number of halogens is 2. The van der Waals surface area contributed by atoms with Crippen LogP contribution in [0.15, 0.2) is 91.8 Å². The first-order valence-corrected chi connectivity index (χ1v) is 14.0. The van der Waals surface area contributed by atoms with Gasteiger partial charge in [-0.05, 0) is 95.1 Å². The molecular formula is C32H23FIN7O. The van der Waals surface area contributed by atoms with E-state index >= 15 is 0 Å². The first kappa shape index (κ1) is 27.2. The maximum atomic E-state index is 14.4. The zero-order valence-corrected chi connectivity index (χ0v) is 24.7. The van der Waals surface area contributed by atoms with Gasteiger partial charge in [-0.1, -0.05) is 12.0 Å². The van der Waals surface area contributed by atoms with Gasteiger partial charge in [-0.3, -0.25) is 18.9 Å². The standard InChI is InChI=1S/C32H23FIN7O/c1-20-11-29(34)28(32(42)39-25-13-23(12-24(33)15-25)22-5-3-9-35-16-22)14-21(20)7-8-27-18-36-31-30(6-4-10-41(27)31)38-26-17-37-40(2)19-26/h3-6,9-19,38H,1-2H3,(H,39,42). The van der Waals surface area contributed by atoms with E-state index in [-0.39, 0.29) is 5.91 Å². The van der Waals surface area contributed by atoms with Crippen molar-refractivity contribution >= 4 is 51.2 Å². The molecule has 0 radical (unpaired) electrons. The predicted molar refractivity (Wildman–Crippen MR) is 169 cm³/mol. The highest BCUT2D eigenvalue weighted by Crippen LogP contribution is 2.26. The molecule has 1 amide bonds. The highest BCUT2D eigenvalue weighted by atomic mass is 127. The van der Waals surface area contributed by atoms with Crippen molar-refractivity contribution < 1.29 is 9.18 Å². The Kier molecular flexibility index (Phi) is 7.41. The summed E-state index contributed by atoms with van der Waals surface area (Å²) in [5.41, 5.74) is 6.91. The summed E-state index contributed by atoms with van der Waals surface area (Å²) < 4.78 is 18.8. The van der Waals surface area contributed by atoms with Crippen LogP contribution in [0, 0.1) is 28.2 Å². The van der Waals surface area contributed by atoms with Crippen molar-refractivity contribution in [1.29, 1.82) is 0 Å². The van der Waals surface area contributed by atoms with E-state index in [1.165, 1.54) is 12.1 Å². The molecule has 2 N–H and O–H groups in total. The Morgan fingerprint density at radius 1 is 1.00 bits per heavy atom. The average Bonchev–Trinajstić information content (AvgIpc) is 3.58. The molecule has 0 aliphatic carbocycles. The van der Waals surface area contributed by atoms with Crippen molar-refractivity contribution in [2.45, 2.75) is 6.92 Å². The third-order valence-electron chi connectivity index (χ3n) is 6.55. The summed E-state index contributed by atoms with van der Waals surface area (Å²) in [6.07, 6.45) is 10.5. The smallest absolute Gasteiger partial charge is 0.256 e. The molecular weight excluding hydrogens is 644 g/mol. The van der Waals surface area contributed by atoms with Gasteiger partial charge in [0.1, 0.15) is 11.5 Å². The van der Waals surface area contributed by atoms with E-state index in [9.17, 15) is 9.18 Å². The summed E-state index contributed by atoms with van der Waals surface area (Å²) in [4.78, 5) is 22.0. The van der Waals surface area contributed by atoms with Crippen LogP contribution in [0.3, 0.4) is 0 Å². The Morgan fingerprint density at radius 2 is 1.88 bits per heavy atom. The van der Waals surface area contributed by atoms with E-state index in [1.807, 2.05) is 55.0 Å². The number of aromatic nitrogens is 5. The van der Waals surface area contributed by atoms with Crippen molar-refractivity contribution in [1.82, 2.24) is 24.1 Å². The molecule has 6 aromatic rings. The van der Waals surface area contributed by atoms with Crippen LogP contribution in [-0.2, 0) is 7.05 Å². The van der Waals surface area contributed by atoms with E-state index in [1.54, 1.807) is 47.7 Å². The summed E-state index contributed by atoms with van der Waals surface area (Å²) >= 11 is 2.13. The second kappa shape index (κ2) is 11.5. The number of hydrogen-bond acceptors (Lipinski definition) is 5. The number of amides is 1. The number of anilines is 3. The molecule has 4 aromatic heterocycles. The molecule has 206 valence electrons. The summed E-state index contributed by atoms with van der Waals surface area (Å²) in [6.45, 7) is 1.95. The van der Waals surface area contributed by atoms with Crippen molar-refractivity contribution in [2.75, 3.05) is 10.6 Å². The maximum Gasteiger partial charge on any atom is 0.256 e. The number of aryl methyl sites for hydroxylation is 2. The van der Waals surface area contributed by atoms with Crippen LogP contribution in [0.5, 0.6) is 0 Å². The fourth-order valence-corrected chi connectivity index (χ4v) is 5.38. The SMILES string of the molecule is Cc1cc(I)c(C(=O)Nc2cc(F)cc(-c3cccnc3)c2)cc1C#Cc1cnc2c(Nc3cnn(C)c3)cccn12. The summed E-state index contributed by atoms with van der Waals surface area (Å²) in [7, 11) is 1.86. The van der Waals surface area contributed by atoms with E-state index in [0.717, 1.165) is 31.7 Å². The van der Waals surface area contributed by atoms with Crippen LogP contribution >= 0.6 is 22.6 Å². The number of nitrogens with one attached hydrogen (secondary N) is 2. The Morgan fingerprint density at radius 3 is 2.67 bits per heavy atom. The van der Waals surface area contributed by atoms with Gasteiger partial charge in [-0.2, -0.15) is 5.10 Å². The molecule has 0 saturated carbocycles. The number of rotatable bonds is 5. The maximum absolute atomic E-state index is 14.4. The Balaban J connectivity index is 1.27. The van der Waals surface area contributed by atoms with Gasteiger partial charge >= 0.3 is 0 Å². The number of fused-ring (bicyclic) bond motifs is 1. The molecule has 0 spiro atoms. The van der Waals surface area contributed by atoms with Gasteiger partial charge in [0, 0.05) is 52.2 Å². The number of hydrogen-bond donors (Lipinski definition) is 2. The van der Waals surface area contributed by atoms with Gasteiger partial charge in [0.15, 0.2) is 5.65 Å². The van der Waals surface area contributed by atoms with E-state index in [2.05, 4.69) is 60.1 Å². The molecule has 4 heterocycles. The lowest BCUT2D eigenvalue weighted by atomic mass is 10.0. The molecule has 42 heavy (non-hydrogen) atoms. The minimum atomic E-state index is -0.455. The zero-order valence-electron chi connectivity index (χ0n) is 22.6. The van der Waals surface area contributed by atoms with Crippen LogP contribution in [-0.4, -0.2) is 30.1 Å². The summed E-state index contributed by atoms with van der Waals surface area (Å²) in [5, 5.41) is 10.4. The molecule has 10 heteroatoms. The van der Waals surface area contributed by atoms with Crippen LogP contribution in [0.2, 0.25) is 0 Å². The third kappa shape index (κ3) is 5.73. The molecule has 6 rings (SSSR count). The lowest BCUT2D eigenvalue weighted by Gasteiger charge is -2.11. The molecule has 8 nitrogen and oxygen atoms in total. The molecule has 2 aromatic carbocycles. The van der Waals surface area contributed by atoms with Crippen LogP contribution in [0.25, 0.3) is 16.8 Å². The fraction of sp³-hybridized carbons (Fsp3) is 0.0625. The highest BCUT2D eigenvalue weighted by Gasteiger charge is 2.15. The van der Waals surface area contributed by atoms with Crippen LogP contribution < -0.4 is 10.6 Å². The number of pyridine rings is 2. The molecule has 0 aliphatic rings. The largest absolute Gasteiger partial charge is 0.350 e. The molecule has 0 fully saturated rings. The van der Waals surface area contributed by atoms with E-state index < -0.39 is 5.82 Å². The topological polar surface area (TPSA) is 89.1 Å². The third-order valence-corrected chi connectivity index (χ3v) is 7.45. The number of carbonyl (C=O) groups is 1. The molecule has 0 unspecified atom stereocenters. The summed E-state index contributed by atoms with van der Waals surface area (Å²) in [6, 6.07) is 15.6. The fourth-order valence-electron chi connectivity index (χ4n) is 4.52. The quantitative estimate of drug-likeness (QED) is 0.160. The first-order valence-electron chi connectivity index (χ1n) is 12.9. The second-order valence-corrected chi connectivity index (χ2v) is 10.8. The molecule has 0 atom stereocenters. The normalized spacial score (nSPS) is 10.8. The number of benzene rings is 2.